The quantitative estimate of drug-likeness (QED) is 0.713. The van der Waals surface area contributed by atoms with Crippen LogP contribution in [-0.4, -0.2) is 37.2 Å². The molecular weight excluding hydrogens is 192 g/mol. The standard InChI is InChI=1S/C11H20N2O2/c1-11(4-3-5-12-11)10(14)13-8-6-9(7-8)15-2/h8-9,12H,3-7H2,1-2H3,(H,13,14). The van der Waals surface area contributed by atoms with Gasteiger partial charge in [0.05, 0.1) is 11.6 Å². The maximum atomic E-state index is 12.0. The summed E-state index contributed by atoms with van der Waals surface area (Å²) in [5, 5.41) is 6.35. The second kappa shape index (κ2) is 4.10. The average Bonchev–Trinajstić information content (AvgIpc) is 2.59. The molecule has 0 aromatic carbocycles. The SMILES string of the molecule is COC1CC(NC(=O)C2(C)CCCN2)C1. The van der Waals surface area contributed by atoms with Crippen molar-refractivity contribution >= 4 is 5.91 Å². The molecule has 1 amide bonds. The number of carbonyl (C=O) groups is 1. The van der Waals surface area contributed by atoms with E-state index in [1.54, 1.807) is 7.11 Å². The summed E-state index contributed by atoms with van der Waals surface area (Å²) < 4.78 is 5.18. The first-order valence-corrected chi connectivity index (χ1v) is 5.73. The molecule has 0 radical (unpaired) electrons. The van der Waals surface area contributed by atoms with E-state index in [9.17, 15) is 4.79 Å². The molecule has 86 valence electrons. The number of hydrogen-bond donors (Lipinski definition) is 2. The lowest BCUT2D eigenvalue weighted by Crippen LogP contribution is -2.57. The number of rotatable bonds is 3. The van der Waals surface area contributed by atoms with Crippen LogP contribution >= 0.6 is 0 Å². The molecular formula is C11H20N2O2. The summed E-state index contributed by atoms with van der Waals surface area (Å²) in [5.41, 5.74) is -0.335. The molecule has 4 heteroatoms. The van der Waals surface area contributed by atoms with Crippen molar-refractivity contribution in [2.75, 3.05) is 13.7 Å². The molecule has 1 aliphatic heterocycles. The summed E-state index contributed by atoms with van der Waals surface area (Å²) in [7, 11) is 1.72. The monoisotopic (exact) mass is 212 g/mol. The zero-order chi connectivity index (χ0) is 10.9. The van der Waals surface area contributed by atoms with Crippen LogP contribution in [-0.2, 0) is 9.53 Å². The molecule has 0 aromatic rings. The highest BCUT2D eigenvalue weighted by molar-refractivity contribution is 5.86. The van der Waals surface area contributed by atoms with Gasteiger partial charge < -0.3 is 15.4 Å². The molecule has 2 rings (SSSR count). The Morgan fingerprint density at radius 1 is 1.53 bits per heavy atom. The number of nitrogens with one attached hydrogen (secondary N) is 2. The van der Waals surface area contributed by atoms with Gasteiger partial charge >= 0.3 is 0 Å². The molecule has 2 N–H and O–H groups in total. The Balaban J connectivity index is 1.78. The van der Waals surface area contributed by atoms with Crippen LogP contribution in [0.15, 0.2) is 0 Å². The topological polar surface area (TPSA) is 50.4 Å². The lowest BCUT2D eigenvalue weighted by atomic mass is 9.88. The third-order valence-corrected chi connectivity index (χ3v) is 3.63. The van der Waals surface area contributed by atoms with E-state index in [0.717, 1.165) is 32.2 Å². The highest BCUT2D eigenvalue weighted by Crippen LogP contribution is 2.25. The van der Waals surface area contributed by atoms with Gasteiger partial charge in [-0.3, -0.25) is 4.79 Å². The molecule has 1 unspecified atom stereocenters. The molecule has 15 heavy (non-hydrogen) atoms. The van der Waals surface area contributed by atoms with Crippen LogP contribution in [0.3, 0.4) is 0 Å². The summed E-state index contributed by atoms with van der Waals surface area (Å²) >= 11 is 0. The number of methoxy groups -OCH3 is 1. The lowest BCUT2D eigenvalue weighted by Gasteiger charge is -2.36. The van der Waals surface area contributed by atoms with Crippen molar-refractivity contribution in [3.63, 3.8) is 0 Å². The second-order valence-electron chi connectivity index (χ2n) is 4.86. The maximum Gasteiger partial charge on any atom is 0.240 e. The summed E-state index contributed by atoms with van der Waals surface area (Å²) in [6, 6.07) is 0.321. The van der Waals surface area contributed by atoms with Crippen molar-refractivity contribution in [2.24, 2.45) is 0 Å². The fraction of sp³-hybridized carbons (Fsp3) is 0.909. The summed E-state index contributed by atoms with van der Waals surface area (Å²) in [4.78, 5) is 12.0. The molecule has 2 aliphatic rings. The first-order chi connectivity index (χ1) is 7.14. The van der Waals surface area contributed by atoms with E-state index in [1.165, 1.54) is 0 Å². The van der Waals surface area contributed by atoms with Gasteiger partial charge in [-0.2, -0.15) is 0 Å². The van der Waals surface area contributed by atoms with Crippen molar-refractivity contribution in [3.8, 4) is 0 Å². The Hall–Kier alpha value is -0.610. The van der Waals surface area contributed by atoms with Crippen LogP contribution in [0.4, 0.5) is 0 Å². The molecule has 0 bridgehead atoms. The minimum Gasteiger partial charge on any atom is -0.381 e. The van der Waals surface area contributed by atoms with Gasteiger partial charge in [-0.1, -0.05) is 0 Å². The number of ether oxygens (including phenoxy) is 1. The van der Waals surface area contributed by atoms with Crippen molar-refractivity contribution in [3.05, 3.63) is 0 Å². The average molecular weight is 212 g/mol. The first-order valence-electron chi connectivity index (χ1n) is 5.73. The molecule has 1 atom stereocenters. The Kier molecular flexibility index (Phi) is 2.98. The van der Waals surface area contributed by atoms with Crippen LogP contribution in [0.5, 0.6) is 0 Å². The minimum absolute atomic E-state index is 0.152. The van der Waals surface area contributed by atoms with Crippen molar-refractivity contribution in [2.45, 2.75) is 50.3 Å². The van der Waals surface area contributed by atoms with Gasteiger partial charge in [-0.15, -0.1) is 0 Å². The largest absolute Gasteiger partial charge is 0.381 e. The number of hydrogen-bond acceptors (Lipinski definition) is 3. The molecule has 0 spiro atoms. The van der Waals surface area contributed by atoms with E-state index in [1.807, 2.05) is 6.92 Å². The van der Waals surface area contributed by atoms with Crippen LogP contribution < -0.4 is 10.6 Å². The normalized spacial score (nSPS) is 39.9. The van der Waals surface area contributed by atoms with E-state index in [2.05, 4.69) is 10.6 Å². The molecule has 1 aliphatic carbocycles. The smallest absolute Gasteiger partial charge is 0.240 e. The van der Waals surface area contributed by atoms with E-state index in [0.29, 0.717) is 12.1 Å². The summed E-state index contributed by atoms with van der Waals surface area (Å²) in [6.07, 6.45) is 4.30. The van der Waals surface area contributed by atoms with E-state index < -0.39 is 0 Å². The van der Waals surface area contributed by atoms with Crippen LogP contribution in [0.2, 0.25) is 0 Å². The molecule has 4 nitrogen and oxygen atoms in total. The maximum absolute atomic E-state index is 12.0. The van der Waals surface area contributed by atoms with Crippen LogP contribution in [0.25, 0.3) is 0 Å². The van der Waals surface area contributed by atoms with Gasteiger partial charge in [0.1, 0.15) is 0 Å². The molecule has 1 heterocycles. The highest BCUT2D eigenvalue weighted by atomic mass is 16.5. The second-order valence-corrected chi connectivity index (χ2v) is 4.86. The van der Waals surface area contributed by atoms with Gasteiger partial charge in [0.25, 0.3) is 0 Å². The van der Waals surface area contributed by atoms with Gasteiger partial charge in [0.2, 0.25) is 5.91 Å². The van der Waals surface area contributed by atoms with E-state index in [4.69, 9.17) is 4.74 Å². The van der Waals surface area contributed by atoms with Gasteiger partial charge in [-0.05, 0) is 39.2 Å². The predicted molar refractivity (Wildman–Crippen MR) is 57.6 cm³/mol. The Morgan fingerprint density at radius 3 is 2.80 bits per heavy atom. The summed E-state index contributed by atoms with van der Waals surface area (Å²) in [5.74, 6) is 0.152. The van der Waals surface area contributed by atoms with Gasteiger partial charge in [0.15, 0.2) is 0 Å². The molecule has 0 aromatic heterocycles. The van der Waals surface area contributed by atoms with Crippen molar-refractivity contribution in [1.29, 1.82) is 0 Å². The van der Waals surface area contributed by atoms with Gasteiger partial charge in [-0.25, -0.2) is 0 Å². The van der Waals surface area contributed by atoms with Crippen molar-refractivity contribution < 1.29 is 9.53 Å². The zero-order valence-corrected chi connectivity index (χ0v) is 9.51. The summed E-state index contributed by atoms with van der Waals surface area (Å²) in [6.45, 7) is 2.94. The van der Waals surface area contributed by atoms with Crippen LogP contribution in [0.1, 0.15) is 32.6 Å². The fourth-order valence-corrected chi connectivity index (χ4v) is 2.31. The van der Waals surface area contributed by atoms with E-state index >= 15 is 0 Å². The van der Waals surface area contributed by atoms with Crippen molar-refractivity contribution in [1.82, 2.24) is 10.6 Å². The Labute approximate surface area is 90.8 Å². The minimum atomic E-state index is -0.335. The first kappa shape index (κ1) is 10.9. The molecule has 2 fully saturated rings. The Bertz CT molecular complexity index is 243. The molecule has 1 saturated carbocycles. The van der Waals surface area contributed by atoms with Crippen LogP contribution in [0, 0.1) is 0 Å². The number of carbonyl (C=O) groups excluding carboxylic acids is 1. The third-order valence-electron chi connectivity index (χ3n) is 3.63. The van der Waals surface area contributed by atoms with E-state index in [-0.39, 0.29) is 11.4 Å². The molecule has 1 saturated heterocycles. The zero-order valence-electron chi connectivity index (χ0n) is 9.51. The predicted octanol–water partition coefficient (Wildman–Crippen LogP) is 0.422. The number of amides is 1. The lowest BCUT2D eigenvalue weighted by molar-refractivity contribution is -0.128. The third kappa shape index (κ3) is 2.16. The highest BCUT2D eigenvalue weighted by Gasteiger charge is 2.39. The Morgan fingerprint density at radius 2 is 2.27 bits per heavy atom. The fourth-order valence-electron chi connectivity index (χ4n) is 2.31. The van der Waals surface area contributed by atoms with Gasteiger partial charge in [0, 0.05) is 13.2 Å².